The Bertz CT molecular complexity index is 463. The highest BCUT2D eigenvalue weighted by molar-refractivity contribution is 6.33. The van der Waals surface area contributed by atoms with Gasteiger partial charge in [0.1, 0.15) is 0 Å². The van der Waals surface area contributed by atoms with Gasteiger partial charge in [0, 0.05) is 11.2 Å². The average Bonchev–Trinajstić information content (AvgIpc) is 2.33. The predicted octanol–water partition coefficient (Wildman–Crippen LogP) is 1.56. The van der Waals surface area contributed by atoms with Gasteiger partial charge in [0.05, 0.1) is 23.9 Å². The second-order valence-corrected chi connectivity index (χ2v) is 5.52. The number of halogens is 1. The van der Waals surface area contributed by atoms with Gasteiger partial charge in [-0.05, 0) is 39.1 Å². The number of hydrogen-bond acceptors (Lipinski definition) is 4. The number of nitrogens with zero attached hydrogens (tertiary/aromatic N) is 1. The maximum atomic E-state index is 11.9. The quantitative estimate of drug-likeness (QED) is 0.718. The van der Waals surface area contributed by atoms with Gasteiger partial charge in [0.25, 0.3) is 0 Å². The molecule has 1 aromatic carbocycles. The molecule has 6 heteroatoms. The number of carbonyl (C=O) groups excluding carboxylic acids is 1. The zero-order valence-electron chi connectivity index (χ0n) is 11.4. The second-order valence-electron chi connectivity index (χ2n) is 5.11. The van der Waals surface area contributed by atoms with E-state index >= 15 is 0 Å². The van der Waals surface area contributed by atoms with Crippen molar-refractivity contribution in [2.75, 3.05) is 31.2 Å². The first-order chi connectivity index (χ1) is 8.76. The van der Waals surface area contributed by atoms with E-state index in [0.717, 1.165) is 0 Å². The van der Waals surface area contributed by atoms with Crippen LogP contribution >= 0.6 is 11.6 Å². The molecular formula is C13H20ClN3O2. The lowest BCUT2D eigenvalue weighted by molar-refractivity contribution is -0.118. The van der Waals surface area contributed by atoms with Gasteiger partial charge in [-0.25, -0.2) is 0 Å². The predicted molar refractivity (Wildman–Crippen MR) is 78.3 cm³/mol. The van der Waals surface area contributed by atoms with E-state index in [0.29, 0.717) is 16.4 Å². The number of aliphatic hydroxyl groups excluding tert-OH is 1. The molecule has 106 valence electrons. The number of nitrogens with one attached hydrogen (secondary N) is 1. The van der Waals surface area contributed by atoms with Crippen molar-refractivity contribution in [1.29, 1.82) is 0 Å². The van der Waals surface area contributed by atoms with Crippen LogP contribution in [-0.2, 0) is 4.79 Å². The second kappa shape index (κ2) is 6.23. The Kier molecular flexibility index (Phi) is 5.17. The van der Waals surface area contributed by atoms with Crippen molar-refractivity contribution in [3.8, 4) is 0 Å². The molecule has 0 unspecified atom stereocenters. The molecule has 0 radical (unpaired) electrons. The molecule has 0 fully saturated rings. The molecule has 0 aliphatic carbocycles. The molecule has 19 heavy (non-hydrogen) atoms. The molecule has 0 saturated carbocycles. The molecule has 0 heterocycles. The largest absolute Gasteiger partial charge is 0.397 e. The minimum atomic E-state index is -0.448. The summed E-state index contributed by atoms with van der Waals surface area (Å²) in [6.45, 7) is 3.88. The number of aliphatic hydroxyl groups is 1. The Labute approximate surface area is 118 Å². The van der Waals surface area contributed by atoms with Crippen molar-refractivity contribution < 1.29 is 9.90 Å². The molecule has 4 N–H and O–H groups in total. The van der Waals surface area contributed by atoms with Crippen LogP contribution in [0, 0.1) is 0 Å². The molecule has 0 aliphatic heterocycles. The van der Waals surface area contributed by atoms with Gasteiger partial charge in [-0.1, -0.05) is 11.6 Å². The highest BCUT2D eigenvalue weighted by atomic mass is 35.5. The Balaban J connectivity index is 2.63. The van der Waals surface area contributed by atoms with Gasteiger partial charge in [0.15, 0.2) is 0 Å². The van der Waals surface area contributed by atoms with Crippen molar-refractivity contribution >= 4 is 28.9 Å². The van der Waals surface area contributed by atoms with Crippen molar-refractivity contribution in [2.45, 2.75) is 19.4 Å². The van der Waals surface area contributed by atoms with E-state index < -0.39 is 5.54 Å². The van der Waals surface area contributed by atoms with Crippen LogP contribution in [0.1, 0.15) is 13.8 Å². The minimum Gasteiger partial charge on any atom is -0.397 e. The smallest absolute Gasteiger partial charge is 0.238 e. The number of carbonyl (C=O) groups is 1. The van der Waals surface area contributed by atoms with Crippen LogP contribution in [0.15, 0.2) is 18.2 Å². The first-order valence-electron chi connectivity index (χ1n) is 5.93. The van der Waals surface area contributed by atoms with Gasteiger partial charge >= 0.3 is 0 Å². The normalized spacial score (nSPS) is 11.7. The SMILES string of the molecule is CN(CC(=O)Nc1ccc(Cl)c(N)c1)C(C)(C)CO. The maximum Gasteiger partial charge on any atom is 0.238 e. The van der Waals surface area contributed by atoms with Crippen LogP contribution in [-0.4, -0.2) is 41.7 Å². The summed E-state index contributed by atoms with van der Waals surface area (Å²) >= 11 is 5.81. The third-order valence-electron chi connectivity index (χ3n) is 3.08. The molecule has 0 atom stereocenters. The lowest BCUT2D eigenvalue weighted by Gasteiger charge is -2.33. The number of amides is 1. The molecule has 0 aromatic heterocycles. The number of nitrogen functional groups attached to an aromatic ring is 1. The van der Waals surface area contributed by atoms with Crippen molar-refractivity contribution in [1.82, 2.24) is 4.90 Å². The first-order valence-corrected chi connectivity index (χ1v) is 6.31. The Morgan fingerprint density at radius 1 is 1.53 bits per heavy atom. The summed E-state index contributed by atoms with van der Waals surface area (Å²) in [7, 11) is 1.78. The Morgan fingerprint density at radius 2 is 2.16 bits per heavy atom. The number of anilines is 2. The molecular weight excluding hydrogens is 266 g/mol. The van der Waals surface area contributed by atoms with E-state index in [1.165, 1.54) is 0 Å². The van der Waals surface area contributed by atoms with Crippen LogP contribution in [0.4, 0.5) is 11.4 Å². The van der Waals surface area contributed by atoms with E-state index in [1.54, 1.807) is 30.1 Å². The van der Waals surface area contributed by atoms with E-state index in [-0.39, 0.29) is 19.1 Å². The first kappa shape index (κ1) is 15.8. The minimum absolute atomic E-state index is 0.0231. The van der Waals surface area contributed by atoms with E-state index in [2.05, 4.69) is 5.32 Å². The third kappa shape index (κ3) is 4.38. The monoisotopic (exact) mass is 285 g/mol. The number of hydrogen-bond donors (Lipinski definition) is 3. The summed E-state index contributed by atoms with van der Waals surface area (Å²) in [5.41, 5.74) is 6.23. The molecule has 1 amide bonds. The molecule has 0 saturated heterocycles. The van der Waals surface area contributed by atoms with Crippen LogP contribution < -0.4 is 11.1 Å². The Hall–Kier alpha value is -1.30. The van der Waals surface area contributed by atoms with Gasteiger partial charge < -0.3 is 16.2 Å². The fourth-order valence-corrected chi connectivity index (χ4v) is 1.49. The van der Waals surface area contributed by atoms with Gasteiger partial charge in [-0.3, -0.25) is 9.69 Å². The average molecular weight is 286 g/mol. The number of benzene rings is 1. The van der Waals surface area contributed by atoms with Crippen LogP contribution in [0.2, 0.25) is 5.02 Å². The summed E-state index contributed by atoms with van der Waals surface area (Å²) in [6.07, 6.45) is 0. The zero-order valence-corrected chi connectivity index (χ0v) is 12.2. The van der Waals surface area contributed by atoms with Gasteiger partial charge in [-0.2, -0.15) is 0 Å². The van der Waals surface area contributed by atoms with Crippen LogP contribution in [0.5, 0.6) is 0 Å². The van der Waals surface area contributed by atoms with E-state index in [1.807, 2.05) is 13.8 Å². The van der Waals surface area contributed by atoms with Crippen LogP contribution in [0.3, 0.4) is 0 Å². The topological polar surface area (TPSA) is 78.6 Å². The fourth-order valence-electron chi connectivity index (χ4n) is 1.37. The molecule has 1 rings (SSSR count). The standard InChI is InChI=1S/C13H20ClN3O2/c1-13(2,8-18)17(3)7-12(19)16-9-4-5-10(14)11(15)6-9/h4-6,18H,7-8,15H2,1-3H3,(H,16,19). The number of rotatable bonds is 5. The van der Waals surface area contributed by atoms with Crippen LogP contribution in [0.25, 0.3) is 0 Å². The highest BCUT2D eigenvalue weighted by Gasteiger charge is 2.24. The summed E-state index contributed by atoms with van der Waals surface area (Å²) in [6, 6.07) is 4.93. The van der Waals surface area contributed by atoms with Crippen molar-refractivity contribution in [2.24, 2.45) is 0 Å². The van der Waals surface area contributed by atoms with E-state index in [9.17, 15) is 9.90 Å². The molecule has 0 aliphatic rings. The fraction of sp³-hybridized carbons (Fsp3) is 0.462. The maximum absolute atomic E-state index is 11.9. The number of nitrogens with two attached hydrogens (primary N) is 1. The lowest BCUT2D eigenvalue weighted by Crippen LogP contribution is -2.47. The Morgan fingerprint density at radius 3 is 2.68 bits per heavy atom. The highest BCUT2D eigenvalue weighted by Crippen LogP contribution is 2.22. The van der Waals surface area contributed by atoms with E-state index in [4.69, 9.17) is 17.3 Å². The van der Waals surface area contributed by atoms with Crippen molar-refractivity contribution in [3.63, 3.8) is 0 Å². The molecule has 5 nitrogen and oxygen atoms in total. The number of likely N-dealkylation sites (N-methyl/N-ethyl adjacent to an activating group) is 1. The van der Waals surface area contributed by atoms with Gasteiger partial charge in [0.2, 0.25) is 5.91 Å². The molecule has 0 spiro atoms. The lowest BCUT2D eigenvalue weighted by atomic mass is 10.1. The van der Waals surface area contributed by atoms with Gasteiger partial charge in [-0.15, -0.1) is 0 Å². The van der Waals surface area contributed by atoms with Crippen molar-refractivity contribution in [3.05, 3.63) is 23.2 Å². The third-order valence-corrected chi connectivity index (χ3v) is 3.43. The molecule has 0 bridgehead atoms. The zero-order chi connectivity index (χ0) is 14.6. The summed E-state index contributed by atoms with van der Waals surface area (Å²) in [4.78, 5) is 13.7. The summed E-state index contributed by atoms with van der Waals surface area (Å²) in [5.74, 6) is -0.175. The summed E-state index contributed by atoms with van der Waals surface area (Å²) in [5, 5.41) is 12.4. The summed E-state index contributed by atoms with van der Waals surface area (Å²) < 4.78 is 0. The molecule has 1 aromatic rings.